The van der Waals surface area contributed by atoms with Gasteiger partial charge in [-0.15, -0.1) is 11.3 Å². The van der Waals surface area contributed by atoms with Crippen LogP contribution in [0, 0.1) is 11.3 Å². The van der Waals surface area contributed by atoms with Crippen molar-refractivity contribution in [2.75, 3.05) is 11.1 Å². The molecule has 0 atom stereocenters. The van der Waals surface area contributed by atoms with Crippen LogP contribution in [0.25, 0.3) is 0 Å². The van der Waals surface area contributed by atoms with Gasteiger partial charge in [-0.1, -0.05) is 25.6 Å². The van der Waals surface area contributed by atoms with Gasteiger partial charge in [0.1, 0.15) is 11.1 Å². The molecule has 1 aliphatic rings. The van der Waals surface area contributed by atoms with Crippen LogP contribution in [0.3, 0.4) is 0 Å². The van der Waals surface area contributed by atoms with Crippen molar-refractivity contribution in [3.8, 4) is 6.07 Å². The van der Waals surface area contributed by atoms with Gasteiger partial charge < -0.3 is 10.3 Å². The van der Waals surface area contributed by atoms with Gasteiger partial charge in [0.2, 0.25) is 5.91 Å². The first-order chi connectivity index (χ1) is 12.5. The van der Waals surface area contributed by atoms with Crippen LogP contribution in [-0.2, 0) is 17.6 Å². The van der Waals surface area contributed by atoms with Crippen molar-refractivity contribution in [3.05, 3.63) is 38.1 Å². The maximum atomic E-state index is 12.3. The Hall–Kier alpha value is -2.11. The van der Waals surface area contributed by atoms with Crippen LogP contribution in [0.1, 0.15) is 54.3 Å². The van der Waals surface area contributed by atoms with E-state index >= 15 is 0 Å². The monoisotopic (exact) mass is 388 g/mol. The van der Waals surface area contributed by atoms with E-state index in [1.807, 2.05) is 13.8 Å². The molecule has 26 heavy (non-hydrogen) atoms. The third kappa shape index (κ3) is 4.17. The Morgan fingerprint density at radius 1 is 1.46 bits per heavy atom. The molecule has 1 amide bonds. The molecule has 2 aromatic rings. The van der Waals surface area contributed by atoms with Gasteiger partial charge in [-0.25, -0.2) is 4.98 Å². The van der Waals surface area contributed by atoms with Crippen LogP contribution >= 0.6 is 23.1 Å². The fourth-order valence-electron chi connectivity index (χ4n) is 2.89. The second kappa shape index (κ2) is 8.06. The van der Waals surface area contributed by atoms with Crippen molar-refractivity contribution in [2.45, 2.75) is 50.6 Å². The average Bonchev–Trinajstić information content (AvgIpc) is 2.96. The zero-order chi connectivity index (χ0) is 18.7. The number of aryl methyl sites for hydroxylation is 1. The summed E-state index contributed by atoms with van der Waals surface area (Å²) in [6, 6.07) is 3.72. The predicted molar refractivity (Wildman–Crippen MR) is 104 cm³/mol. The molecule has 0 saturated heterocycles. The number of anilines is 1. The minimum absolute atomic E-state index is 0.123. The summed E-state index contributed by atoms with van der Waals surface area (Å²) in [5, 5.41) is 13.4. The lowest BCUT2D eigenvalue weighted by atomic mass is 9.96. The number of hydrogen-bond acceptors (Lipinski definition) is 6. The Balaban J connectivity index is 1.68. The molecular weight excluding hydrogens is 368 g/mol. The molecule has 0 saturated carbocycles. The number of thioether (sulfide) groups is 1. The first kappa shape index (κ1) is 18.7. The summed E-state index contributed by atoms with van der Waals surface area (Å²) in [4.78, 5) is 32.3. The van der Waals surface area contributed by atoms with Gasteiger partial charge in [0, 0.05) is 10.9 Å². The van der Waals surface area contributed by atoms with Crippen LogP contribution in [0.5, 0.6) is 0 Å². The molecule has 0 spiro atoms. The Bertz CT molecular complexity index is 924. The van der Waals surface area contributed by atoms with E-state index in [1.165, 1.54) is 34.0 Å². The van der Waals surface area contributed by atoms with Crippen molar-refractivity contribution in [1.82, 2.24) is 9.97 Å². The molecule has 0 bridgehead atoms. The Morgan fingerprint density at radius 2 is 2.23 bits per heavy atom. The topological polar surface area (TPSA) is 98.6 Å². The summed E-state index contributed by atoms with van der Waals surface area (Å²) in [7, 11) is 0. The summed E-state index contributed by atoms with van der Waals surface area (Å²) in [6.07, 6.45) is 4.11. The Labute approximate surface area is 160 Å². The van der Waals surface area contributed by atoms with E-state index in [9.17, 15) is 14.9 Å². The molecule has 1 aliphatic carbocycles. The highest BCUT2D eigenvalue weighted by atomic mass is 32.2. The fraction of sp³-hybridized carbons (Fsp3) is 0.444. The number of aromatic amines is 1. The average molecular weight is 389 g/mol. The highest BCUT2D eigenvalue weighted by Crippen LogP contribution is 2.37. The zero-order valence-corrected chi connectivity index (χ0v) is 16.4. The number of nitrogens with one attached hydrogen (secondary N) is 2. The molecule has 0 fully saturated rings. The fourth-order valence-corrected chi connectivity index (χ4v) is 4.82. The number of fused-ring (bicyclic) bond motifs is 1. The standard InChI is InChI=1S/C18H20N4O2S2/c1-10(2)13-7-15(23)22-18(20-13)25-9-16(24)21-17-12(8-19)11-5-3-4-6-14(11)26-17/h7,10H,3-6,9H2,1-2H3,(H,21,24)(H,20,22,23). The molecule has 2 aromatic heterocycles. The van der Waals surface area contributed by atoms with Crippen molar-refractivity contribution < 1.29 is 4.79 Å². The number of rotatable bonds is 5. The minimum Gasteiger partial charge on any atom is -0.316 e. The number of carbonyl (C=O) groups is 1. The van der Waals surface area contributed by atoms with Gasteiger partial charge >= 0.3 is 0 Å². The third-order valence-electron chi connectivity index (χ3n) is 4.21. The maximum Gasteiger partial charge on any atom is 0.251 e. The number of nitrogens with zero attached hydrogens (tertiary/aromatic N) is 2. The highest BCUT2D eigenvalue weighted by molar-refractivity contribution is 7.99. The maximum absolute atomic E-state index is 12.3. The molecule has 2 N–H and O–H groups in total. The molecule has 2 heterocycles. The van der Waals surface area contributed by atoms with Crippen LogP contribution in [0.2, 0.25) is 0 Å². The molecule has 3 rings (SSSR count). The van der Waals surface area contributed by atoms with Crippen molar-refractivity contribution >= 4 is 34.0 Å². The van der Waals surface area contributed by atoms with Crippen LogP contribution in [0.15, 0.2) is 16.0 Å². The van der Waals surface area contributed by atoms with Gasteiger partial charge in [-0.2, -0.15) is 5.26 Å². The van der Waals surface area contributed by atoms with Gasteiger partial charge in [0.25, 0.3) is 5.56 Å². The summed E-state index contributed by atoms with van der Waals surface area (Å²) in [5.74, 6) is 0.0570. The molecule has 0 aromatic carbocycles. The normalized spacial score (nSPS) is 13.3. The third-order valence-corrected chi connectivity index (χ3v) is 6.29. The number of carbonyl (C=O) groups excluding carboxylic acids is 1. The molecule has 136 valence electrons. The smallest absolute Gasteiger partial charge is 0.251 e. The summed E-state index contributed by atoms with van der Waals surface area (Å²) < 4.78 is 0. The SMILES string of the molecule is CC(C)c1cc(=O)[nH]c(SCC(=O)Nc2sc3c(c2C#N)CCCC3)n1. The molecule has 0 unspecified atom stereocenters. The lowest BCUT2D eigenvalue weighted by molar-refractivity contribution is -0.113. The largest absolute Gasteiger partial charge is 0.316 e. The van der Waals surface area contributed by atoms with Crippen molar-refractivity contribution in [3.63, 3.8) is 0 Å². The molecule has 8 heteroatoms. The second-order valence-electron chi connectivity index (χ2n) is 6.49. The summed E-state index contributed by atoms with van der Waals surface area (Å²) >= 11 is 2.69. The molecule has 0 aliphatic heterocycles. The quantitative estimate of drug-likeness (QED) is 0.604. The number of H-pyrrole nitrogens is 1. The van der Waals surface area contributed by atoms with Crippen LogP contribution in [0.4, 0.5) is 5.00 Å². The number of hydrogen-bond donors (Lipinski definition) is 2. The highest BCUT2D eigenvalue weighted by Gasteiger charge is 2.21. The summed E-state index contributed by atoms with van der Waals surface area (Å²) in [5.41, 5.74) is 2.19. The lowest BCUT2D eigenvalue weighted by Crippen LogP contribution is -2.16. The molecular formula is C18H20N4O2S2. The first-order valence-corrected chi connectivity index (χ1v) is 10.4. The van der Waals surface area contributed by atoms with Gasteiger partial charge in [0.15, 0.2) is 5.16 Å². The van der Waals surface area contributed by atoms with Crippen molar-refractivity contribution in [2.24, 2.45) is 0 Å². The number of amides is 1. The van der Waals surface area contributed by atoms with E-state index in [-0.39, 0.29) is 23.1 Å². The summed E-state index contributed by atoms with van der Waals surface area (Å²) in [6.45, 7) is 3.93. The minimum atomic E-state index is -0.218. The number of aromatic nitrogens is 2. The number of thiophene rings is 1. The molecule has 0 radical (unpaired) electrons. The van der Waals surface area contributed by atoms with E-state index in [0.29, 0.717) is 21.4 Å². The zero-order valence-electron chi connectivity index (χ0n) is 14.7. The van der Waals surface area contributed by atoms with Crippen LogP contribution in [-0.4, -0.2) is 21.6 Å². The van der Waals surface area contributed by atoms with E-state index in [2.05, 4.69) is 21.4 Å². The van der Waals surface area contributed by atoms with Gasteiger partial charge in [0.05, 0.1) is 17.0 Å². The Morgan fingerprint density at radius 3 is 2.96 bits per heavy atom. The van der Waals surface area contributed by atoms with E-state index in [4.69, 9.17) is 0 Å². The van der Waals surface area contributed by atoms with E-state index < -0.39 is 0 Å². The lowest BCUT2D eigenvalue weighted by Gasteiger charge is -2.09. The number of nitriles is 1. The Kier molecular flexibility index (Phi) is 5.79. The second-order valence-corrected chi connectivity index (χ2v) is 8.56. The van der Waals surface area contributed by atoms with Crippen molar-refractivity contribution in [1.29, 1.82) is 5.26 Å². The van der Waals surface area contributed by atoms with E-state index in [0.717, 1.165) is 31.2 Å². The van der Waals surface area contributed by atoms with Crippen LogP contribution < -0.4 is 10.9 Å². The van der Waals surface area contributed by atoms with Gasteiger partial charge in [-0.3, -0.25) is 9.59 Å². The first-order valence-electron chi connectivity index (χ1n) is 8.56. The molecule has 6 nitrogen and oxygen atoms in total. The predicted octanol–water partition coefficient (Wildman–Crippen LogP) is 3.44. The van der Waals surface area contributed by atoms with Gasteiger partial charge in [-0.05, 0) is 37.2 Å². The van der Waals surface area contributed by atoms with E-state index in [1.54, 1.807) is 0 Å².